The van der Waals surface area contributed by atoms with Crippen LogP contribution in [0.4, 0.5) is 5.69 Å². The van der Waals surface area contributed by atoms with Gasteiger partial charge in [0.15, 0.2) is 0 Å². The zero-order valence-corrected chi connectivity index (χ0v) is 7.93. The number of nitrogens with two attached hydrogens (primary N) is 1. The van der Waals surface area contributed by atoms with Crippen molar-refractivity contribution in [1.29, 1.82) is 0 Å². The summed E-state index contributed by atoms with van der Waals surface area (Å²) in [6.07, 6.45) is 0. The van der Waals surface area contributed by atoms with Crippen molar-refractivity contribution in [3.05, 3.63) is 38.9 Å². The Bertz CT molecular complexity index is 381. The SMILES string of the molecule is NC(=S)c1ccc(Cl)c([N+](=O)[O-])c1. The molecule has 0 aliphatic heterocycles. The minimum Gasteiger partial charge on any atom is -0.389 e. The Morgan fingerprint density at radius 1 is 1.62 bits per heavy atom. The Balaban J connectivity index is 3.27. The van der Waals surface area contributed by atoms with Gasteiger partial charge in [-0.3, -0.25) is 10.1 Å². The molecule has 1 aromatic carbocycles. The second-order valence-electron chi connectivity index (χ2n) is 2.29. The normalized spacial score (nSPS) is 9.62. The van der Waals surface area contributed by atoms with Crippen LogP contribution in [0.2, 0.25) is 5.02 Å². The quantitative estimate of drug-likeness (QED) is 0.466. The molecule has 2 N–H and O–H groups in total. The van der Waals surface area contributed by atoms with E-state index < -0.39 is 4.92 Å². The zero-order valence-electron chi connectivity index (χ0n) is 6.36. The van der Waals surface area contributed by atoms with E-state index in [1.54, 1.807) is 0 Å². The molecule has 0 aliphatic carbocycles. The van der Waals surface area contributed by atoms with Crippen LogP contribution in [0.25, 0.3) is 0 Å². The average molecular weight is 217 g/mol. The Morgan fingerprint density at radius 3 is 2.69 bits per heavy atom. The molecule has 6 heteroatoms. The first-order chi connectivity index (χ1) is 6.02. The molecule has 0 fully saturated rings. The molecule has 0 unspecified atom stereocenters. The fourth-order valence-corrected chi connectivity index (χ4v) is 1.12. The number of hydrogen-bond donors (Lipinski definition) is 1. The summed E-state index contributed by atoms with van der Waals surface area (Å²) in [4.78, 5) is 9.97. The molecule has 0 saturated heterocycles. The molecule has 0 saturated carbocycles. The third-order valence-corrected chi connectivity index (χ3v) is 1.98. The lowest BCUT2D eigenvalue weighted by Crippen LogP contribution is -2.09. The molecule has 4 nitrogen and oxygen atoms in total. The van der Waals surface area contributed by atoms with Gasteiger partial charge < -0.3 is 5.73 Å². The van der Waals surface area contributed by atoms with Gasteiger partial charge in [0.05, 0.1) is 4.92 Å². The van der Waals surface area contributed by atoms with E-state index in [0.717, 1.165) is 0 Å². The molecule has 13 heavy (non-hydrogen) atoms. The van der Waals surface area contributed by atoms with Gasteiger partial charge in [0.1, 0.15) is 10.0 Å². The summed E-state index contributed by atoms with van der Waals surface area (Å²) < 4.78 is 0. The molecule has 68 valence electrons. The average Bonchev–Trinajstić information content (AvgIpc) is 2.04. The molecule has 0 atom stereocenters. The monoisotopic (exact) mass is 216 g/mol. The Labute approximate surface area is 84.5 Å². The van der Waals surface area contributed by atoms with Crippen LogP contribution >= 0.6 is 23.8 Å². The smallest absolute Gasteiger partial charge is 0.288 e. The highest BCUT2D eigenvalue weighted by Crippen LogP contribution is 2.24. The standard InChI is InChI=1S/C7H5ClN2O2S/c8-5-2-1-4(7(9)13)3-6(5)10(11)12/h1-3H,(H2,9,13). The van der Waals surface area contributed by atoms with Crippen LogP contribution in [0.5, 0.6) is 0 Å². The van der Waals surface area contributed by atoms with Gasteiger partial charge in [-0.2, -0.15) is 0 Å². The molecule has 0 heterocycles. The predicted molar refractivity (Wildman–Crippen MR) is 54.0 cm³/mol. The number of nitro benzene ring substituents is 1. The second-order valence-corrected chi connectivity index (χ2v) is 3.13. The largest absolute Gasteiger partial charge is 0.389 e. The first-order valence-corrected chi connectivity index (χ1v) is 4.04. The second kappa shape index (κ2) is 3.68. The third-order valence-electron chi connectivity index (χ3n) is 1.43. The van der Waals surface area contributed by atoms with Crippen molar-refractivity contribution in [3.63, 3.8) is 0 Å². The first-order valence-electron chi connectivity index (χ1n) is 3.26. The lowest BCUT2D eigenvalue weighted by molar-refractivity contribution is -0.384. The lowest BCUT2D eigenvalue weighted by Gasteiger charge is -1.98. The topological polar surface area (TPSA) is 69.2 Å². The molecule has 1 rings (SSSR count). The van der Waals surface area contributed by atoms with E-state index in [-0.39, 0.29) is 15.7 Å². The molecule has 0 radical (unpaired) electrons. The summed E-state index contributed by atoms with van der Waals surface area (Å²) in [5.41, 5.74) is 5.55. The van der Waals surface area contributed by atoms with Crippen LogP contribution in [0.15, 0.2) is 18.2 Å². The van der Waals surface area contributed by atoms with Crippen molar-refractivity contribution < 1.29 is 4.92 Å². The van der Waals surface area contributed by atoms with E-state index in [4.69, 9.17) is 17.3 Å². The minimum atomic E-state index is -0.579. The van der Waals surface area contributed by atoms with Crippen LogP contribution in [0.3, 0.4) is 0 Å². The van der Waals surface area contributed by atoms with Gasteiger partial charge in [-0.25, -0.2) is 0 Å². The van der Waals surface area contributed by atoms with Crippen molar-refractivity contribution in [3.8, 4) is 0 Å². The number of benzene rings is 1. The van der Waals surface area contributed by atoms with Gasteiger partial charge in [0.2, 0.25) is 0 Å². The van der Waals surface area contributed by atoms with Gasteiger partial charge in [0, 0.05) is 11.6 Å². The van der Waals surface area contributed by atoms with Gasteiger partial charge in [-0.05, 0) is 6.07 Å². The highest BCUT2D eigenvalue weighted by atomic mass is 35.5. The van der Waals surface area contributed by atoms with Gasteiger partial charge in [0.25, 0.3) is 5.69 Å². The van der Waals surface area contributed by atoms with Crippen molar-refractivity contribution in [2.75, 3.05) is 0 Å². The maximum absolute atomic E-state index is 10.4. The van der Waals surface area contributed by atoms with Crippen molar-refractivity contribution in [2.45, 2.75) is 0 Å². The molecular weight excluding hydrogens is 212 g/mol. The fraction of sp³-hybridized carbons (Fsp3) is 0. The highest BCUT2D eigenvalue weighted by Gasteiger charge is 2.13. The minimum absolute atomic E-state index is 0.0741. The lowest BCUT2D eigenvalue weighted by atomic mass is 10.2. The van der Waals surface area contributed by atoms with Crippen LogP contribution in [-0.4, -0.2) is 9.91 Å². The Hall–Kier alpha value is -1.20. The molecule has 0 aromatic heterocycles. The predicted octanol–water partition coefficient (Wildman–Crippen LogP) is 1.88. The Kier molecular flexibility index (Phi) is 2.79. The number of thiocarbonyl (C=S) groups is 1. The number of halogens is 1. The molecule has 0 amide bonds. The summed E-state index contributed by atoms with van der Waals surface area (Å²) in [5, 5.41) is 10.5. The first kappa shape index (κ1) is 9.88. The van der Waals surface area contributed by atoms with Crippen molar-refractivity contribution >= 4 is 34.5 Å². The zero-order chi connectivity index (χ0) is 10.0. The summed E-state index contributed by atoms with van der Waals surface area (Å²) in [7, 11) is 0. The number of nitro groups is 1. The molecule has 0 bridgehead atoms. The van der Waals surface area contributed by atoms with Crippen LogP contribution in [-0.2, 0) is 0 Å². The summed E-state index contributed by atoms with van der Waals surface area (Å²) in [6, 6.07) is 4.19. The van der Waals surface area contributed by atoms with Crippen LogP contribution in [0, 0.1) is 10.1 Å². The van der Waals surface area contributed by atoms with E-state index in [2.05, 4.69) is 12.2 Å². The molecule has 0 spiro atoms. The van der Waals surface area contributed by atoms with Gasteiger partial charge in [-0.15, -0.1) is 0 Å². The third kappa shape index (κ3) is 2.13. The number of hydrogen-bond acceptors (Lipinski definition) is 3. The summed E-state index contributed by atoms with van der Waals surface area (Å²) in [6.45, 7) is 0. The highest BCUT2D eigenvalue weighted by molar-refractivity contribution is 7.80. The molecular formula is C7H5ClN2O2S. The van der Waals surface area contributed by atoms with E-state index in [1.165, 1.54) is 18.2 Å². The number of nitrogens with zero attached hydrogens (tertiary/aromatic N) is 1. The van der Waals surface area contributed by atoms with E-state index in [9.17, 15) is 10.1 Å². The summed E-state index contributed by atoms with van der Waals surface area (Å²) >= 11 is 10.2. The van der Waals surface area contributed by atoms with Crippen molar-refractivity contribution in [2.24, 2.45) is 5.73 Å². The Morgan fingerprint density at radius 2 is 2.23 bits per heavy atom. The maximum Gasteiger partial charge on any atom is 0.288 e. The van der Waals surface area contributed by atoms with Crippen molar-refractivity contribution in [1.82, 2.24) is 0 Å². The molecule has 1 aromatic rings. The fourth-order valence-electron chi connectivity index (χ4n) is 0.806. The van der Waals surface area contributed by atoms with Crippen LogP contribution < -0.4 is 5.73 Å². The van der Waals surface area contributed by atoms with Crippen LogP contribution in [0.1, 0.15) is 5.56 Å². The number of rotatable bonds is 2. The molecule has 0 aliphatic rings. The van der Waals surface area contributed by atoms with E-state index in [1.807, 2.05) is 0 Å². The maximum atomic E-state index is 10.4. The van der Waals surface area contributed by atoms with E-state index >= 15 is 0 Å². The van der Waals surface area contributed by atoms with Gasteiger partial charge in [-0.1, -0.05) is 29.9 Å². The van der Waals surface area contributed by atoms with Gasteiger partial charge >= 0.3 is 0 Å². The van der Waals surface area contributed by atoms with E-state index in [0.29, 0.717) is 5.56 Å². The summed E-state index contributed by atoms with van der Waals surface area (Å²) in [5.74, 6) is 0.